The molecule has 0 aliphatic heterocycles. The summed E-state index contributed by atoms with van der Waals surface area (Å²) in [7, 11) is 0. The normalized spacial score (nSPS) is 19.4. The van der Waals surface area contributed by atoms with Gasteiger partial charge in [-0.2, -0.15) is 0 Å². The van der Waals surface area contributed by atoms with Crippen molar-refractivity contribution >= 4 is 0 Å². The number of hydrogen-bond acceptors (Lipinski definition) is 3. The van der Waals surface area contributed by atoms with Gasteiger partial charge in [-0.3, -0.25) is 0 Å². The third kappa shape index (κ3) is 4.35. The summed E-state index contributed by atoms with van der Waals surface area (Å²) in [6, 6.07) is 0.159. The average molecular weight is 161 g/mol. The van der Waals surface area contributed by atoms with Crippen LogP contribution in [0, 0.1) is 0 Å². The van der Waals surface area contributed by atoms with E-state index in [1.54, 1.807) is 6.92 Å². The van der Waals surface area contributed by atoms with Gasteiger partial charge in [-0.1, -0.05) is 6.92 Å². The van der Waals surface area contributed by atoms with Gasteiger partial charge in [-0.25, -0.2) is 0 Å². The second kappa shape index (κ2) is 5.52. The maximum Gasteiger partial charge on any atom is 0.0662 e. The van der Waals surface area contributed by atoms with E-state index in [0.717, 1.165) is 6.42 Å². The van der Waals surface area contributed by atoms with Crippen LogP contribution in [0.5, 0.6) is 0 Å². The highest BCUT2D eigenvalue weighted by atomic mass is 16.3. The molecule has 0 saturated heterocycles. The molecule has 0 saturated carbocycles. The fourth-order valence-electron chi connectivity index (χ4n) is 0.811. The number of aliphatic hydroxyl groups excluding tert-OH is 2. The lowest BCUT2D eigenvalue weighted by Crippen LogP contribution is -2.43. The summed E-state index contributed by atoms with van der Waals surface area (Å²) < 4.78 is 0. The fraction of sp³-hybridized carbons (Fsp3) is 1.00. The van der Waals surface area contributed by atoms with Crippen LogP contribution < -0.4 is 5.32 Å². The third-order valence-electron chi connectivity index (χ3n) is 1.94. The Bertz CT molecular complexity index is 92.1. The van der Waals surface area contributed by atoms with E-state index in [0.29, 0.717) is 0 Å². The molecular formula is C8H19NO2. The Hall–Kier alpha value is -0.120. The highest BCUT2D eigenvalue weighted by Crippen LogP contribution is 1.96. The van der Waals surface area contributed by atoms with E-state index in [1.165, 1.54) is 0 Å². The molecule has 3 heteroatoms. The van der Waals surface area contributed by atoms with Gasteiger partial charge in [0.1, 0.15) is 0 Å². The Morgan fingerprint density at radius 1 is 1.36 bits per heavy atom. The third-order valence-corrected chi connectivity index (χ3v) is 1.94. The lowest BCUT2D eigenvalue weighted by atomic mass is 10.1. The lowest BCUT2D eigenvalue weighted by Gasteiger charge is -2.22. The topological polar surface area (TPSA) is 52.5 Å². The van der Waals surface area contributed by atoms with Crippen molar-refractivity contribution in [3.63, 3.8) is 0 Å². The molecule has 0 radical (unpaired) electrons. The molecule has 68 valence electrons. The molecule has 0 rings (SSSR count). The molecule has 3 N–H and O–H groups in total. The van der Waals surface area contributed by atoms with Gasteiger partial charge in [-0.05, 0) is 20.3 Å². The van der Waals surface area contributed by atoms with Crippen LogP contribution in [0.3, 0.4) is 0 Å². The largest absolute Gasteiger partial charge is 0.395 e. The van der Waals surface area contributed by atoms with E-state index in [9.17, 15) is 0 Å². The molecule has 3 nitrogen and oxygen atoms in total. The first-order chi connectivity index (χ1) is 5.11. The van der Waals surface area contributed by atoms with Crippen LogP contribution in [-0.4, -0.2) is 35.0 Å². The molecule has 0 aliphatic carbocycles. The molecule has 11 heavy (non-hydrogen) atoms. The minimum Gasteiger partial charge on any atom is -0.395 e. The van der Waals surface area contributed by atoms with Crippen molar-refractivity contribution in [1.82, 2.24) is 5.32 Å². The molecule has 0 amide bonds. The average Bonchev–Trinajstić information content (AvgIpc) is 1.99. The number of nitrogens with one attached hydrogen (secondary N) is 1. The van der Waals surface area contributed by atoms with E-state index in [2.05, 4.69) is 5.32 Å². The van der Waals surface area contributed by atoms with Gasteiger partial charge in [-0.15, -0.1) is 0 Å². The molecule has 0 aromatic heterocycles. The Labute approximate surface area is 68.4 Å². The fourth-order valence-corrected chi connectivity index (χ4v) is 0.811. The smallest absolute Gasteiger partial charge is 0.0662 e. The second-order valence-electron chi connectivity index (χ2n) is 2.98. The Balaban J connectivity index is 3.62. The maximum absolute atomic E-state index is 9.12. The number of hydrogen-bond donors (Lipinski definition) is 3. The van der Waals surface area contributed by atoms with E-state index >= 15 is 0 Å². The summed E-state index contributed by atoms with van der Waals surface area (Å²) in [6.07, 6.45) is 0.517. The highest BCUT2D eigenvalue weighted by molar-refractivity contribution is 4.72. The maximum atomic E-state index is 9.12. The predicted molar refractivity (Wildman–Crippen MR) is 45.4 cm³/mol. The Morgan fingerprint density at radius 2 is 1.91 bits per heavy atom. The molecule has 0 bridgehead atoms. The summed E-state index contributed by atoms with van der Waals surface area (Å²) in [6.45, 7) is 5.78. The molecule has 3 unspecified atom stereocenters. The monoisotopic (exact) mass is 161 g/mol. The molecule has 3 atom stereocenters. The zero-order chi connectivity index (χ0) is 8.85. The summed E-state index contributed by atoms with van der Waals surface area (Å²) >= 11 is 0. The van der Waals surface area contributed by atoms with Crippen LogP contribution in [0.4, 0.5) is 0 Å². The van der Waals surface area contributed by atoms with Crippen molar-refractivity contribution in [3.8, 4) is 0 Å². The van der Waals surface area contributed by atoms with Crippen molar-refractivity contribution in [1.29, 1.82) is 0 Å². The van der Waals surface area contributed by atoms with Gasteiger partial charge in [0.15, 0.2) is 0 Å². The summed E-state index contributed by atoms with van der Waals surface area (Å²) in [5, 5.41) is 21.0. The van der Waals surface area contributed by atoms with Crippen LogP contribution in [0.25, 0.3) is 0 Å². The second-order valence-corrected chi connectivity index (χ2v) is 2.98. The zero-order valence-electron chi connectivity index (χ0n) is 7.54. The van der Waals surface area contributed by atoms with Crippen LogP contribution in [0.15, 0.2) is 0 Å². The minimum absolute atomic E-state index is 0.0482. The van der Waals surface area contributed by atoms with Crippen molar-refractivity contribution in [2.45, 2.75) is 45.4 Å². The van der Waals surface area contributed by atoms with E-state index in [1.807, 2.05) is 13.8 Å². The molecular weight excluding hydrogens is 142 g/mol. The zero-order valence-corrected chi connectivity index (χ0v) is 7.54. The highest BCUT2D eigenvalue weighted by Gasteiger charge is 2.12. The van der Waals surface area contributed by atoms with Crippen LogP contribution >= 0.6 is 0 Å². The van der Waals surface area contributed by atoms with Crippen molar-refractivity contribution in [2.75, 3.05) is 6.61 Å². The van der Waals surface area contributed by atoms with E-state index in [4.69, 9.17) is 10.2 Å². The van der Waals surface area contributed by atoms with Crippen LogP contribution in [0.2, 0.25) is 0 Å². The molecule has 0 heterocycles. The van der Waals surface area contributed by atoms with Crippen molar-refractivity contribution in [3.05, 3.63) is 0 Å². The van der Waals surface area contributed by atoms with Crippen LogP contribution in [-0.2, 0) is 0 Å². The molecule has 0 aromatic carbocycles. The van der Waals surface area contributed by atoms with Gasteiger partial charge in [0.2, 0.25) is 0 Å². The summed E-state index contributed by atoms with van der Waals surface area (Å²) in [5.41, 5.74) is 0. The van der Waals surface area contributed by atoms with Gasteiger partial charge in [0, 0.05) is 12.1 Å². The van der Waals surface area contributed by atoms with E-state index < -0.39 is 0 Å². The van der Waals surface area contributed by atoms with Gasteiger partial charge in [0.05, 0.1) is 12.7 Å². The molecule has 0 spiro atoms. The first-order valence-corrected chi connectivity index (χ1v) is 4.16. The van der Waals surface area contributed by atoms with Gasteiger partial charge < -0.3 is 15.5 Å². The Morgan fingerprint density at radius 3 is 2.18 bits per heavy atom. The van der Waals surface area contributed by atoms with Crippen molar-refractivity contribution < 1.29 is 10.2 Å². The SMILES string of the molecule is CCC(CO)NC(C)C(C)O. The molecule has 0 fully saturated rings. The first kappa shape index (κ1) is 10.9. The van der Waals surface area contributed by atoms with Gasteiger partial charge >= 0.3 is 0 Å². The van der Waals surface area contributed by atoms with Gasteiger partial charge in [0.25, 0.3) is 0 Å². The van der Waals surface area contributed by atoms with E-state index in [-0.39, 0.29) is 24.8 Å². The van der Waals surface area contributed by atoms with Crippen LogP contribution in [0.1, 0.15) is 27.2 Å². The lowest BCUT2D eigenvalue weighted by molar-refractivity contribution is 0.133. The molecule has 0 aliphatic rings. The molecule has 0 aromatic rings. The minimum atomic E-state index is -0.365. The standard InChI is InChI=1S/C8H19NO2/c1-4-8(5-10)9-6(2)7(3)11/h6-11H,4-5H2,1-3H3. The number of aliphatic hydroxyl groups is 2. The number of rotatable bonds is 5. The summed E-state index contributed by atoms with van der Waals surface area (Å²) in [5.74, 6) is 0. The Kier molecular flexibility index (Phi) is 5.46. The summed E-state index contributed by atoms with van der Waals surface area (Å²) in [4.78, 5) is 0. The first-order valence-electron chi connectivity index (χ1n) is 4.16. The van der Waals surface area contributed by atoms with Crippen molar-refractivity contribution in [2.24, 2.45) is 0 Å². The predicted octanol–water partition coefficient (Wildman–Crippen LogP) is 0.116. The quantitative estimate of drug-likeness (QED) is 0.536.